The molecule has 2 heterocycles. The Hall–Kier alpha value is -1.07. The van der Waals surface area contributed by atoms with Crippen molar-refractivity contribution >= 4 is 15.5 Å². The van der Waals surface area contributed by atoms with E-state index in [2.05, 4.69) is 10.2 Å². The Morgan fingerprint density at radius 2 is 2.05 bits per heavy atom. The van der Waals surface area contributed by atoms with Gasteiger partial charge in [-0.1, -0.05) is 19.1 Å². The first kappa shape index (κ1) is 14.9. The number of anilines is 1. The van der Waals surface area contributed by atoms with Crippen molar-refractivity contribution in [3.05, 3.63) is 24.3 Å². The number of nitrogens with one attached hydrogen (secondary N) is 1. The minimum Gasteiger partial charge on any atom is -0.381 e. The quantitative estimate of drug-likeness (QED) is 0.928. The molecule has 4 nitrogen and oxygen atoms in total. The van der Waals surface area contributed by atoms with Gasteiger partial charge < -0.3 is 10.2 Å². The SMILES string of the molecule is CCS(=O)(=O)c1ccccc1NC1CCN2CCCC2C1. The molecule has 1 aromatic rings. The van der Waals surface area contributed by atoms with Gasteiger partial charge in [0.2, 0.25) is 0 Å². The highest BCUT2D eigenvalue weighted by Gasteiger charge is 2.32. The van der Waals surface area contributed by atoms with E-state index in [-0.39, 0.29) is 5.75 Å². The summed E-state index contributed by atoms with van der Waals surface area (Å²) >= 11 is 0. The van der Waals surface area contributed by atoms with E-state index in [1.165, 1.54) is 19.4 Å². The number of nitrogens with zero attached hydrogens (tertiary/aromatic N) is 1. The van der Waals surface area contributed by atoms with Gasteiger partial charge in [-0.15, -0.1) is 0 Å². The first-order chi connectivity index (χ1) is 10.1. The van der Waals surface area contributed by atoms with Crippen LogP contribution in [-0.2, 0) is 9.84 Å². The van der Waals surface area contributed by atoms with Crippen LogP contribution in [0.3, 0.4) is 0 Å². The second kappa shape index (κ2) is 5.97. The van der Waals surface area contributed by atoms with Gasteiger partial charge in [0.1, 0.15) is 0 Å². The van der Waals surface area contributed by atoms with Crippen molar-refractivity contribution in [3.8, 4) is 0 Å². The van der Waals surface area contributed by atoms with Crippen molar-refractivity contribution in [2.75, 3.05) is 24.2 Å². The maximum absolute atomic E-state index is 12.2. The van der Waals surface area contributed by atoms with Gasteiger partial charge in [-0.3, -0.25) is 0 Å². The normalized spacial score (nSPS) is 26.5. The van der Waals surface area contributed by atoms with Crippen molar-refractivity contribution in [1.29, 1.82) is 0 Å². The molecule has 2 unspecified atom stereocenters. The summed E-state index contributed by atoms with van der Waals surface area (Å²) in [6.07, 6.45) is 4.81. The van der Waals surface area contributed by atoms with E-state index in [9.17, 15) is 8.42 Å². The van der Waals surface area contributed by atoms with E-state index in [4.69, 9.17) is 0 Å². The highest BCUT2D eigenvalue weighted by Crippen LogP contribution is 2.30. The highest BCUT2D eigenvalue weighted by molar-refractivity contribution is 7.91. The van der Waals surface area contributed by atoms with Crippen molar-refractivity contribution in [2.24, 2.45) is 0 Å². The molecule has 0 aliphatic carbocycles. The zero-order chi connectivity index (χ0) is 14.9. The molecule has 0 bridgehead atoms. The van der Waals surface area contributed by atoms with Gasteiger partial charge in [-0.05, 0) is 44.4 Å². The summed E-state index contributed by atoms with van der Waals surface area (Å²) in [4.78, 5) is 3.02. The van der Waals surface area contributed by atoms with Gasteiger partial charge in [-0.25, -0.2) is 8.42 Å². The van der Waals surface area contributed by atoms with Crippen molar-refractivity contribution in [1.82, 2.24) is 4.90 Å². The van der Waals surface area contributed by atoms with Crippen LogP contribution in [-0.4, -0.2) is 44.2 Å². The number of hydrogen-bond donors (Lipinski definition) is 1. The van der Waals surface area contributed by atoms with Crippen LogP contribution in [0.4, 0.5) is 5.69 Å². The van der Waals surface area contributed by atoms with Gasteiger partial charge in [-0.2, -0.15) is 0 Å². The standard InChI is InChI=1S/C16H24N2O2S/c1-2-21(19,20)16-8-4-3-7-15(16)17-13-9-11-18-10-5-6-14(18)12-13/h3-4,7-8,13-14,17H,2,5-6,9-12H2,1H3. The summed E-state index contributed by atoms with van der Waals surface area (Å²) in [5.41, 5.74) is 0.774. The van der Waals surface area contributed by atoms with E-state index in [0.717, 1.165) is 25.1 Å². The van der Waals surface area contributed by atoms with E-state index in [1.54, 1.807) is 19.1 Å². The Bertz CT molecular complexity index is 600. The molecule has 0 amide bonds. The predicted octanol–water partition coefficient (Wildman–Crippen LogP) is 2.52. The number of fused-ring (bicyclic) bond motifs is 1. The topological polar surface area (TPSA) is 49.4 Å². The molecule has 2 saturated heterocycles. The molecule has 0 aromatic heterocycles. The first-order valence-corrected chi connectivity index (χ1v) is 9.58. The third-order valence-corrected chi connectivity index (χ3v) is 6.57. The first-order valence-electron chi connectivity index (χ1n) is 7.92. The van der Waals surface area contributed by atoms with Crippen LogP contribution in [0.15, 0.2) is 29.2 Å². The summed E-state index contributed by atoms with van der Waals surface area (Å²) < 4.78 is 24.4. The maximum Gasteiger partial charge on any atom is 0.180 e. The summed E-state index contributed by atoms with van der Waals surface area (Å²) in [7, 11) is -3.17. The minimum atomic E-state index is -3.17. The average Bonchev–Trinajstić information content (AvgIpc) is 2.95. The third-order valence-electron chi connectivity index (χ3n) is 4.78. The number of para-hydroxylation sites is 1. The number of piperidine rings is 1. The molecule has 1 aromatic carbocycles. The lowest BCUT2D eigenvalue weighted by Crippen LogP contribution is -2.42. The Labute approximate surface area is 127 Å². The smallest absolute Gasteiger partial charge is 0.180 e. The molecule has 116 valence electrons. The Morgan fingerprint density at radius 3 is 2.86 bits per heavy atom. The Morgan fingerprint density at radius 1 is 1.24 bits per heavy atom. The number of rotatable bonds is 4. The zero-order valence-electron chi connectivity index (χ0n) is 12.6. The summed E-state index contributed by atoms with van der Waals surface area (Å²) in [5, 5.41) is 3.50. The van der Waals surface area contributed by atoms with Gasteiger partial charge >= 0.3 is 0 Å². The molecule has 0 saturated carbocycles. The molecule has 2 fully saturated rings. The van der Waals surface area contributed by atoms with Crippen LogP contribution < -0.4 is 5.32 Å². The van der Waals surface area contributed by atoms with Gasteiger partial charge in [0.15, 0.2) is 9.84 Å². The van der Waals surface area contributed by atoms with Crippen LogP contribution in [0.2, 0.25) is 0 Å². The van der Waals surface area contributed by atoms with E-state index >= 15 is 0 Å². The molecular formula is C16H24N2O2S. The zero-order valence-corrected chi connectivity index (χ0v) is 13.4. The van der Waals surface area contributed by atoms with E-state index in [1.807, 2.05) is 12.1 Å². The average molecular weight is 308 g/mol. The van der Waals surface area contributed by atoms with Crippen molar-refractivity contribution in [2.45, 2.75) is 49.6 Å². The summed E-state index contributed by atoms with van der Waals surface area (Å²) in [5.74, 6) is 0.146. The van der Waals surface area contributed by atoms with Gasteiger partial charge in [0, 0.05) is 18.6 Å². The fraction of sp³-hybridized carbons (Fsp3) is 0.625. The summed E-state index contributed by atoms with van der Waals surface area (Å²) in [6, 6.07) is 8.38. The molecule has 21 heavy (non-hydrogen) atoms. The summed E-state index contributed by atoms with van der Waals surface area (Å²) in [6.45, 7) is 4.06. The van der Waals surface area contributed by atoms with Gasteiger partial charge in [0.25, 0.3) is 0 Å². The number of sulfone groups is 1. The minimum absolute atomic E-state index is 0.146. The van der Waals surface area contributed by atoms with E-state index in [0.29, 0.717) is 17.0 Å². The molecule has 1 N–H and O–H groups in total. The fourth-order valence-electron chi connectivity index (χ4n) is 3.59. The molecule has 2 atom stereocenters. The highest BCUT2D eigenvalue weighted by atomic mass is 32.2. The second-order valence-electron chi connectivity index (χ2n) is 6.10. The molecule has 5 heteroatoms. The lowest BCUT2D eigenvalue weighted by atomic mass is 9.97. The van der Waals surface area contributed by atoms with Crippen LogP contribution in [0, 0.1) is 0 Å². The van der Waals surface area contributed by atoms with Crippen LogP contribution in [0.5, 0.6) is 0 Å². The van der Waals surface area contributed by atoms with Crippen molar-refractivity contribution in [3.63, 3.8) is 0 Å². The monoisotopic (exact) mass is 308 g/mol. The third kappa shape index (κ3) is 3.09. The maximum atomic E-state index is 12.2. The van der Waals surface area contributed by atoms with Gasteiger partial charge in [0.05, 0.1) is 16.3 Å². The molecule has 0 radical (unpaired) electrons. The van der Waals surface area contributed by atoms with Crippen LogP contribution in [0.25, 0.3) is 0 Å². The largest absolute Gasteiger partial charge is 0.381 e. The van der Waals surface area contributed by atoms with Crippen molar-refractivity contribution < 1.29 is 8.42 Å². The van der Waals surface area contributed by atoms with E-state index < -0.39 is 9.84 Å². The Balaban J connectivity index is 1.76. The second-order valence-corrected chi connectivity index (χ2v) is 8.34. The number of benzene rings is 1. The lowest BCUT2D eigenvalue weighted by molar-refractivity contribution is 0.188. The molecule has 2 aliphatic rings. The predicted molar refractivity (Wildman–Crippen MR) is 85.4 cm³/mol. The Kier molecular flexibility index (Phi) is 4.22. The number of hydrogen-bond acceptors (Lipinski definition) is 4. The molecule has 0 spiro atoms. The molecule has 3 rings (SSSR count). The lowest BCUT2D eigenvalue weighted by Gasteiger charge is -2.35. The molecule has 2 aliphatic heterocycles. The van der Waals surface area contributed by atoms with Crippen LogP contribution in [0.1, 0.15) is 32.6 Å². The fourth-order valence-corrected chi connectivity index (χ4v) is 4.65. The molecular weight excluding hydrogens is 284 g/mol. The van der Waals surface area contributed by atoms with Crippen LogP contribution >= 0.6 is 0 Å².